The van der Waals surface area contributed by atoms with Crippen molar-refractivity contribution in [3.8, 4) is 5.75 Å². The number of imide groups is 1. The van der Waals surface area contributed by atoms with Crippen molar-refractivity contribution in [3.05, 3.63) is 59.2 Å². The number of nitrogens with zero attached hydrogens (tertiary/aromatic N) is 2. The summed E-state index contributed by atoms with van der Waals surface area (Å²) in [4.78, 5) is 53.6. The molecule has 33 heavy (non-hydrogen) atoms. The van der Waals surface area contributed by atoms with Gasteiger partial charge in [-0.2, -0.15) is 0 Å². The molecule has 8 heteroatoms. The highest BCUT2D eigenvalue weighted by Gasteiger charge is 2.37. The standard InChI is InChI=1S/C25H26N2O6/c1-3-32-19-10-8-18(9-11-19)27-23(29)20-12-7-17(14-21(20)24(27)30)25(31)33-15-22(28)26-13-5-4-6-16(26)2/h7-12,14,16H,3-6,13,15H2,1-2H3. The van der Waals surface area contributed by atoms with Crippen LogP contribution in [0.1, 0.15) is 64.2 Å². The molecule has 4 rings (SSSR count). The van der Waals surface area contributed by atoms with Crippen LogP contribution in [0.25, 0.3) is 0 Å². The van der Waals surface area contributed by atoms with E-state index in [4.69, 9.17) is 9.47 Å². The van der Waals surface area contributed by atoms with E-state index in [9.17, 15) is 19.2 Å². The molecule has 1 unspecified atom stereocenters. The summed E-state index contributed by atoms with van der Waals surface area (Å²) in [5.41, 5.74) is 0.862. The summed E-state index contributed by atoms with van der Waals surface area (Å²) in [5, 5.41) is 0. The van der Waals surface area contributed by atoms with Gasteiger partial charge in [0.25, 0.3) is 17.7 Å². The minimum absolute atomic E-state index is 0.114. The van der Waals surface area contributed by atoms with Crippen molar-refractivity contribution < 1.29 is 28.7 Å². The van der Waals surface area contributed by atoms with Crippen molar-refractivity contribution in [2.45, 2.75) is 39.2 Å². The Morgan fingerprint density at radius 3 is 2.42 bits per heavy atom. The van der Waals surface area contributed by atoms with Gasteiger partial charge < -0.3 is 14.4 Å². The number of hydrogen-bond acceptors (Lipinski definition) is 6. The number of hydrogen-bond donors (Lipinski definition) is 0. The summed E-state index contributed by atoms with van der Waals surface area (Å²) in [6, 6.07) is 11.0. The number of benzene rings is 2. The summed E-state index contributed by atoms with van der Waals surface area (Å²) < 4.78 is 10.6. The Morgan fingerprint density at radius 1 is 1.00 bits per heavy atom. The van der Waals surface area contributed by atoms with Crippen LogP contribution in [0.4, 0.5) is 5.69 Å². The summed E-state index contributed by atoms with van der Waals surface area (Å²) >= 11 is 0. The SMILES string of the molecule is CCOc1ccc(N2C(=O)c3ccc(C(=O)OCC(=O)N4CCCCC4C)cc3C2=O)cc1. The molecule has 0 saturated carbocycles. The van der Waals surface area contributed by atoms with E-state index in [1.54, 1.807) is 29.2 Å². The molecule has 8 nitrogen and oxygen atoms in total. The van der Waals surface area contributed by atoms with Crippen LogP contribution < -0.4 is 9.64 Å². The maximum Gasteiger partial charge on any atom is 0.338 e. The highest BCUT2D eigenvalue weighted by Crippen LogP contribution is 2.30. The Morgan fingerprint density at radius 2 is 1.73 bits per heavy atom. The number of fused-ring (bicyclic) bond motifs is 1. The van der Waals surface area contributed by atoms with Crippen molar-refractivity contribution in [3.63, 3.8) is 0 Å². The second-order valence-corrected chi connectivity index (χ2v) is 8.14. The Kier molecular flexibility index (Phi) is 6.44. The lowest BCUT2D eigenvalue weighted by atomic mass is 10.0. The van der Waals surface area contributed by atoms with E-state index >= 15 is 0 Å². The third kappa shape index (κ3) is 4.46. The van der Waals surface area contributed by atoms with Crippen molar-refractivity contribution >= 4 is 29.4 Å². The normalized spacial score (nSPS) is 17.7. The van der Waals surface area contributed by atoms with Gasteiger partial charge in [0.2, 0.25) is 0 Å². The molecule has 2 aromatic rings. The molecule has 2 heterocycles. The number of esters is 1. The van der Waals surface area contributed by atoms with Crippen LogP contribution in [-0.4, -0.2) is 54.4 Å². The van der Waals surface area contributed by atoms with Gasteiger partial charge in [0.15, 0.2) is 6.61 Å². The average molecular weight is 450 g/mol. The zero-order chi connectivity index (χ0) is 23.5. The van der Waals surface area contributed by atoms with Crippen molar-refractivity contribution in [2.24, 2.45) is 0 Å². The minimum atomic E-state index is -0.712. The molecular formula is C25H26N2O6. The second-order valence-electron chi connectivity index (χ2n) is 8.14. The van der Waals surface area contributed by atoms with Crippen LogP contribution in [-0.2, 0) is 9.53 Å². The van der Waals surface area contributed by atoms with Gasteiger partial charge in [-0.1, -0.05) is 0 Å². The van der Waals surface area contributed by atoms with Gasteiger partial charge in [-0.05, 0) is 75.6 Å². The van der Waals surface area contributed by atoms with E-state index < -0.39 is 17.8 Å². The lowest BCUT2D eigenvalue weighted by molar-refractivity contribution is -0.137. The number of amides is 3. The molecular weight excluding hydrogens is 424 g/mol. The molecule has 0 aliphatic carbocycles. The molecule has 2 aromatic carbocycles. The van der Waals surface area contributed by atoms with Gasteiger partial charge in [0, 0.05) is 12.6 Å². The van der Waals surface area contributed by atoms with Crippen LogP contribution in [0.3, 0.4) is 0 Å². The van der Waals surface area contributed by atoms with Crippen LogP contribution >= 0.6 is 0 Å². The maximum atomic E-state index is 13.0. The zero-order valence-corrected chi connectivity index (χ0v) is 18.7. The van der Waals surface area contributed by atoms with E-state index in [0.29, 0.717) is 24.6 Å². The smallest absolute Gasteiger partial charge is 0.338 e. The van der Waals surface area contributed by atoms with Crippen LogP contribution in [0, 0.1) is 0 Å². The first-order valence-electron chi connectivity index (χ1n) is 11.1. The fraction of sp³-hybridized carbons (Fsp3) is 0.360. The van der Waals surface area contributed by atoms with Gasteiger partial charge in [0.05, 0.1) is 29.0 Å². The van der Waals surface area contributed by atoms with E-state index in [2.05, 4.69) is 0 Å². The molecule has 0 N–H and O–H groups in total. The predicted molar refractivity (Wildman–Crippen MR) is 121 cm³/mol. The van der Waals surface area contributed by atoms with Gasteiger partial charge in [-0.3, -0.25) is 14.4 Å². The first-order valence-corrected chi connectivity index (χ1v) is 11.1. The topological polar surface area (TPSA) is 93.2 Å². The zero-order valence-electron chi connectivity index (χ0n) is 18.7. The maximum absolute atomic E-state index is 13.0. The summed E-state index contributed by atoms with van der Waals surface area (Å²) in [5.74, 6) is -1.29. The molecule has 0 radical (unpaired) electrons. The number of carbonyl (C=O) groups excluding carboxylic acids is 4. The summed E-state index contributed by atoms with van der Waals surface area (Å²) in [6.45, 7) is 4.66. The number of carbonyl (C=O) groups is 4. The Hall–Kier alpha value is -3.68. The summed E-state index contributed by atoms with van der Waals surface area (Å²) in [6.07, 6.45) is 2.96. The lowest BCUT2D eigenvalue weighted by Gasteiger charge is -2.33. The van der Waals surface area contributed by atoms with Crippen LogP contribution in [0.5, 0.6) is 5.75 Å². The van der Waals surface area contributed by atoms with Crippen LogP contribution in [0.2, 0.25) is 0 Å². The van der Waals surface area contributed by atoms with E-state index in [1.807, 2.05) is 13.8 Å². The molecule has 1 fully saturated rings. The quantitative estimate of drug-likeness (QED) is 0.494. The average Bonchev–Trinajstić information content (AvgIpc) is 3.07. The number of likely N-dealkylation sites (tertiary alicyclic amines) is 1. The Labute approximate surface area is 192 Å². The molecule has 3 amide bonds. The van der Waals surface area contributed by atoms with Crippen molar-refractivity contribution in [2.75, 3.05) is 24.7 Å². The predicted octanol–water partition coefficient (Wildman–Crippen LogP) is 3.44. The fourth-order valence-electron chi connectivity index (χ4n) is 4.22. The molecule has 1 atom stereocenters. The molecule has 0 aromatic heterocycles. The van der Waals surface area contributed by atoms with Gasteiger partial charge in [-0.25, -0.2) is 9.69 Å². The molecule has 0 bridgehead atoms. The molecule has 2 aliphatic heterocycles. The number of rotatable bonds is 6. The van der Waals surface area contributed by atoms with Gasteiger partial charge >= 0.3 is 5.97 Å². The lowest BCUT2D eigenvalue weighted by Crippen LogP contribution is -2.44. The number of piperidine rings is 1. The molecule has 2 aliphatic rings. The third-order valence-electron chi connectivity index (χ3n) is 5.98. The van der Waals surface area contributed by atoms with E-state index in [1.165, 1.54) is 18.2 Å². The second kappa shape index (κ2) is 9.44. The summed E-state index contributed by atoms with van der Waals surface area (Å²) in [7, 11) is 0. The molecule has 1 saturated heterocycles. The van der Waals surface area contributed by atoms with Crippen LogP contribution in [0.15, 0.2) is 42.5 Å². The third-order valence-corrected chi connectivity index (χ3v) is 5.98. The van der Waals surface area contributed by atoms with E-state index in [-0.39, 0.29) is 35.2 Å². The van der Waals surface area contributed by atoms with Gasteiger partial charge in [0.1, 0.15) is 5.75 Å². The highest BCUT2D eigenvalue weighted by atomic mass is 16.5. The monoisotopic (exact) mass is 450 g/mol. The first kappa shape index (κ1) is 22.5. The molecule has 0 spiro atoms. The van der Waals surface area contributed by atoms with Gasteiger partial charge in [-0.15, -0.1) is 0 Å². The Bertz CT molecular complexity index is 1090. The van der Waals surface area contributed by atoms with E-state index in [0.717, 1.165) is 24.2 Å². The Balaban J connectivity index is 1.46. The highest BCUT2D eigenvalue weighted by molar-refractivity contribution is 6.34. The first-order chi connectivity index (χ1) is 15.9. The number of ether oxygens (including phenoxy) is 2. The fourth-order valence-corrected chi connectivity index (χ4v) is 4.22. The molecule has 172 valence electrons. The number of anilines is 1. The largest absolute Gasteiger partial charge is 0.494 e. The van der Waals surface area contributed by atoms with Crippen molar-refractivity contribution in [1.29, 1.82) is 0 Å². The minimum Gasteiger partial charge on any atom is -0.494 e. The van der Waals surface area contributed by atoms with Crippen molar-refractivity contribution in [1.82, 2.24) is 4.90 Å².